The monoisotopic (exact) mass is 389 g/mol. The molecule has 0 aromatic heterocycles. The molecule has 0 aliphatic rings. The van der Waals surface area contributed by atoms with Gasteiger partial charge >= 0.3 is 59.1 Å². The van der Waals surface area contributed by atoms with Crippen LogP contribution in [0.4, 0.5) is 0 Å². The van der Waals surface area contributed by atoms with Crippen molar-refractivity contribution < 1.29 is 83.7 Å². The second-order valence-electron chi connectivity index (χ2n) is 5.91. The van der Waals surface area contributed by atoms with Gasteiger partial charge in [-0.15, -0.1) is 0 Å². The fourth-order valence-corrected chi connectivity index (χ4v) is 1.97. The molecule has 8 heteroatoms. The summed E-state index contributed by atoms with van der Waals surface area (Å²) in [4.78, 5) is 31.1. The number of hydrogen-bond acceptors (Lipinski definition) is 5. The molecule has 0 rings (SSSR count). The molecule has 0 aromatic rings. The van der Waals surface area contributed by atoms with E-state index < -0.39 is 18.0 Å². The van der Waals surface area contributed by atoms with Gasteiger partial charge in [0.05, 0.1) is 12.0 Å². The quantitative estimate of drug-likeness (QED) is 0.252. The van der Waals surface area contributed by atoms with Crippen molar-refractivity contribution in [3.63, 3.8) is 0 Å². The molecule has 0 heterocycles. The second-order valence-corrected chi connectivity index (χ2v) is 5.91. The largest absolute Gasteiger partial charge is 1.00 e. The molecule has 6 nitrogen and oxygen atoms in total. The van der Waals surface area contributed by atoms with E-state index >= 15 is 0 Å². The maximum atomic E-state index is 11.4. The molecule has 0 spiro atoms. The third kappa shape index (κ3) is 29.2. The van der Waals surface area contributed by atoms with Gasteiger partial charge in [0.1, 0.15) is 0 Å². The average molecular weight is 389 g/mol. The number of carboxylic acids is 2. The Labute approximate surface area is 202 Å². The zero-order valence-corrected chi connectivity index (χ0v) is 21.4. The molecule has 1 amide bonds. The Kier molecular flexibility index (Phi) is 33.2. The van der Waals surface area contributed by atoms with Gasteiger partial charge in [0.2, 0.25) is 5.91 Å². The zero-order chi connectivity index (χ0) is 18.8. The second kappa shape index (κ2) is 25.4. The van der Waals surface area contributed by atoms with Crippen LogP contribution < -0.4 is 74.6 Å². The van der Waals surface area contributed by atoms with Gasteiger partial charge in [0.25, 0.3) is 0 Å². The molecule has 142 valence electrons. The molecule has 0 saturated heterocycles. The van der Waals surface area contributed by atoms with E-state index in [1.54, 1.807) is 0 Å². The van der Waals surface area contributed by atoms with E-state index in [-0.39, 0.29) is 71.4 Å². The van der Waals surface area contributed by atoms with Gasteiger partial charge in [0, 0.05) is 12.4 Å². The van der Waals surface area contributed by atoms with Crippen LogP contribution in [-0.2, 0) is 14.4 Å². The van der Waals surface area contributed by atoms with Crippen molar-refractivity contribution in [2.24, 2.45) is 0 Å². The van der Waals surface area contributed by atoms with E-state index in [4.69, 9.17) is 0 Å². The van der Waals surface area contributed by atoms with Crippen LogP contribution in [0, 0.1) is 0 Å². The van der Waals surface area contributed by atoms with Gasteiger partial charge in [-0.25, -0.2) is 0 Å². The molecule has 0 fully saturated rings. The number of amides is 1. The SMILES string of the molecule is CCC(=O)[O-].CCCCCCCCCCCC(=O)NC(C)C(=O)[O-].[Na+].[Na+]. The van der Waals surface area contributed by atoms with Crippen LogP contribution >= 0.6 is 0 Å². The first-order valence-electron chi connectivity index (χ1n) is 9.05. The summed E-state index contributed by atoms with van der Waals surface area (Å²) >= 11 is 0. The molecular weight excluding hydrogens is 356 g/mol. The summed E-state index contributed by atoms with van der Waals surface area (Å²) in [6.45, 7) is 5.17. The number of unbranched alkanes of at least 4 members (excludes halogenated alkanes) is 8. The molecule has 0 saturated carbocycles. The van der Waals surface area contributed by atoms with Gasteiger partial charge in [0.15, 0.2) is 0 Å². The standard InChI is InChI=1S/C15H29NO3.C3H6O2.2Na/c1-3-4-5-6-7-8-9-10-11-12-14(17)16-13(2)15(18)19;1-2-3(4)5;;/h13H,3-12H2,1-2H3,(H,16,17)(H,18,19);2H2,1H3,(H,4,5);;/q;;2*+1/p-2. The van der Waals surface area contributed by atoms with E-state index in [0.717, 1.165) is 19.3 Å². The Morgan fingerprint density at radius 2 is 1.19 bits per heavy atom. The molecule has 26 heavy (non-hydrogen) atoms. The molecule has 0 aromatic carbocycles. The van der Waals surface area contributed by atoms with Crippen molar-refractivity contribution in [2.75, 3.05) is 0 Å². The van der Waals surface area contributed by atoms with Crippen LogP contribution in [-0.4, -0.2) is 23.9 Å². The molecule has 1 N–H and O–H groups in total. The predicted molar refractivity (Wildman–Crippen MR) is 89.8 cm³/mol. The number of carboxylic acid groups (broad SMARTS) is 2. The molecule has 0 aliphatic carbocycles. The maximum absolute atomic E-state index is 11.4. The summed E-state index contributed by atoms with van der Waals surface area (Å²) < 4.78 is 0. The topological polar surface area (TPSA) is 109 Å². The van der Waals surface area contributed by atoms with Crippen molar-refractivity contribution in [1.82, 2.24) is 5.32 Å². The van der Waals surface area contributed by atoms with Crippen molar-refractivity contribution in [3.05, 3.63) is 0 Å². The molecule has 0 bridgehead atoms. The first-order valence-corrected chi connectivity index (χ1v) is 9.05. The summed E-state index contributed by atoms with van der Waals surface area (Å²) in [6.07, 6.45) is 11.3. The van der Waals surface area contributed by atoms with Crippen LogP contribution in [0.1, 0.15) is 91.4 Å². The summed E-state index contributed by atoms with van der Waals surface area (Å²) in [7, 11) is 0. The first kappa shape index (κ1) is 34.0. The molecular formula is C18H33NNa2O5. The van der Waals surface area contributed by atoms with Crippen molar-refractivity contribution in [3.8, 4) is 0 Å². The van der Waals surface area contributed by atoms with E-state index in [1.807, 2.05) is 0 Å². The summed E-state index contributed by atoms with van der Waals surface area (Å²) in [6, 6.07) is -0.897. The average Bonchev–Trinajstić information content (AvgIpc) is 2.53. The van der Waals surface area contributed by atoms with Crippen LogP contribution in [0.5, 0.6) is 0 Å². The Morgan fingerprint density at radius 3 is 1.54 bits per heavy atom. The van der Waals surface area contributed by atoms with Crippen LogP contribution in [0.25, 0.3) is 0 Å². The fourth-order valence-electron chi connectivity index (χ4n) is 1.97. The smallest absolute Gasteiger partial charge is 0.550 e. The van der Waals surface area contributed by atoms with Crippen LogP contribution in [0.15, 0.2) is 0 Å². The minimum absolute atomic E-state index is 0. The maximum Gasteiger partial charge on any atom is 1.00 e. The summed E-state index contributed by atoms with van der Waals surface area (Å²) in [5.41, 5.74) is 0. The minimum atomic E-state index is -1.24. The van der Waals surface area contributed by atoms with Gasteiger partial charge in [-0.2, -0.15) is 0 Å². The minimum Gasteiger partial charge on any atom is -0.550 e. The third-order valence-electron chi connectivity index (χ3n) is 3.53. The van der Waals surface area contributed by atoms with Crippen LogP contribution in [0.3, 0.4) is 0 Å². The third-order valence-corrected chi connectivity index (χ3v) is 3.53. The molecule has 0 radical (unpaired) electrons. The predicted octanol–water partition coefficient (Wildman–Crippen LogP) is -4.68. The molecule has 1 unspecified atom stereocenters. The van der Waals surface area contributed by atoms with E-state index in [0.29, 0.717) is 6.42 Å². The molecule has 1 atom stereocenters. The van der Waals surface area contributed by atoms with E-state index in [1.165, 1.54) is 52.4 Å². The number of carbonyl (C=O) groups is 3. The van der Waals surface area contributed by atoms with Gasteiger partial charge < -0.3 is 25.1 Å². The Balaban J connectivity index is -0.000000304. The number of hydrogen-bond donors (Lipinski definition) is 1. The van der Waals surface area contributed by atoms with Crippen molar-refractivity contribution >= 4 is 17.8 Å². The van der Waals surface area contributed by atoms with Crippen molar-refractivity contribution in [1.29, 1.82) is 0 Å². The molecule has 0 aliphatic heterocycles. The zero-order valence-electron chi connectivity index (χ0n) is 17.4. The van der Waals surface area contributed by atoms with Crippen molar-refractivity contribution in [2.45, 2.75) is 97.4 Å². The Hall–Kier alpha value is 0.410. The number of rotatable bonds is 13. The normalized spacial score (nSPS) is 10.3. The van der Waals surface area contributed by atoms with Gasteiger partial charge in [-0.1, -0.05) is 65.2 Å². The number of carbonyl (C=O) groups excluding carboxylic acids is 3. The van der Waals surface area contributed by atoms with E-state index in [9.17, 15) is 24.6 Å². The van der Waals surface area contributed by atoms with Gasteiger partial charge in [-0.3, -0.25) is 4.79 Å². The fraction of sp³-hybridized carbons (Fsp3) is 0.833. The van der Waals surface area contributed by atoms with Crippen LogP contribution in [0.2, 0.25) is 0 Å². The van der Waals surface area contributed by atoms with Gasteiger partial charge in [-0.05, 0) is 19.8 Å². The Morgan fingerprint density at radius 1 is 0.808 bits per heavy atom. The first-order chi connectivity index (χ1) is 11.3. The summed E-state index contributed by atoms with van der Waals surface area (Å²) in [5, 5.41) is 22.1. The Bertz CT molecular complexity index is 354. The number of aliphatic carboxylic acids is 2. The summed E-state index contributed by atoms with van der Waals surface area (Å²) in [5.74, 6) is -2.43. The number of nitrogens with one attached hydrogen (secondary N) is 1. The van der Waals surface area contributed by atoms with E-state index in [2.05, 4.69) is 12.2 Å².